The van der Waals surface area contributed by atoms with Crippen LogP contribution in [0.3, 0.4) is 0 Å². The lowest BCUT2D eigenvalue weighted by molar-refractivity contribution is -0.129. The monoisotopic (exact) mass is 366 g/mol. The van der Waals surface area contributed by atoms with Crippen molar-refractivity contribution < 1.29 is 19.1 Å². The number of fused-ring (bicyclic) bond motifs is 1. The number of hydrogen-bond acceptors (Lipinski definition) is 4. The molecule has 2 aliphatic rings. The molecule has 1 fully saturated rings. The Morgan fingerprint density at radius 2 is 1.81 bits per heavy atom. The third-order valence-corrected chi connectivity index (χ3v) is 5.13. The Morgan fingerprint density at radius 3 is 2.59 bits per heavy atom. The number of carbonyl (C=O) groups is 2. The first kappa shape index (κ1) is 17.4. The number of nitrogens with one attached hydrogen (secondary N) is 1. The SMILES string of the molecule is Cc1ccc(NC(=O)C2CCN(c3ccc4c(c3)OCCO4)C2=O)cc1C. The van der Waals surface area contributed by atoms with Gasteiger partial charge in [-0.1, -0.05) is 6.07 Å². The van der Waals surface area contributed by atoms with Gasteiger partial charge in [0.1, 0.15) is 19.1 Å². The van der Waals surface area contributed by atoms with E-state index in [4.69, 9.17) is 9.47 Å². The van der Waals surface area contributed by atoms with Crippen molar-refractivity contribution in [2.24, 2.45) is 5.92 Å². The van der Waals surface area contributed by atoms with Gasteiger partial charge < -0.3 is 19.7 Å². The van der Waals surface area contributed by atoms with Gasteiger partial charge in [0.05, 0.1) is 0 Å². The van der Waals surface area contributed by atoms with Gasteiger partial charge in [0.25, 0.3) is 0 Å². The molecule has 2 aliphatic heterocycles. The highest BCUT2D eigenvalue weighted by Crippen LogP contribution is 2.36. The number of benzene rings is 2. The van der Waals surface area contributed by atoms with Gasteiger partial charge in [0, 0.05) is 24.0 Å². The van der Waals surface area contributed by atoms with Crippen LogP contribution in [0, 0.1) is 19.8 Å². The van der Waals surface area contributed by atoms with Crippen LogP contribution in [0.1, 0.15) is 17.5 Å². The summed E-state index contributed by atoms with van der Waals surface area (Å²) in [6, 6.07) is 11.2. The molecule has 1 unspecified atom stereocenters. The van der Waals surface area contributed by atoms with Gasteiger partial charge in [-0.3, -0.25) is 9.59 Å². The highest BCUT2D eigenvalue weighted by molar-refractivity contribution is 6.13. The molecule has 2 heterocycles. The molecule has 0 saturated carbocycles. The van der Waals surface area contributed by atoms with Crippen molar-refractivity contribution >= 4 is 23.2 Å². The van der Waals surface area contributed by atoms with E-state index in [9.17, 15) is 9.59 Å². The van der Waals surface area contributed by atoms with Crippen molar-refractivity contribution in [1.82, 2.24) is 0 Å². The van der Waals surface area contributed by atoms with E-state index in [-0.39, 0.29) is 11.8 Å². The molecule has 0 bridgehead atoms. The van der Waals surface area contributed by atoms with Gasteiger partial charge >= 0.3 is 0 Å². The normalized spacial score (nSPS) is 18.5. The molecule has 4 rings (SSSR count). The lowest BCUT2D eigenvalue weighted by atomic mass is 10.1. The minimum Gasteiger partial charge on any atom is -0.486 e. The highest BCUT2D eigenvalue weighted by Gasteiger charge is 2.38. The topological polar surface area (TPSA) is 67.9 Å². The third kappa shape index (κ3) is 3.35. The fourth-order valence-electron chi connectivity index (χ4n) is 3.43. The van der Waals surface area contributed by atoms with E-state index < -0.39 is 5.92 Å². The van der Waals surface area contributed by atoms with Crippen LogP contribution in [0.4, 0.5) is 11.4 Å². The van der Waals surface area contributed by atoms with E-state index in [1.54, 1.807) is 17.0 Å². The molecule has 6 heteroatoms. The first-order valence-electron chi connectivity index (χ1n) is 9.12. The predicted molar refractivity (Wildman–Crippen MR) is 102 cm³/mol. The average Bonchev–Trinajstić information content (AvgIpc) is 3.06. The quantitative estimate of drug-likeness (QED) is 0.848. The van der Waals surface area contributed by atoms with Crippen LogP contribution < -0.4 is 19.7 Å². The maximum absolute atomic E-state index is 12.8. The molecule has 0 aliphatic carbocycles. The van der Waals surface area contributed by atoms with Crippen LogP contribution in [0.2, 0.25) is 0 Å². The van der Waals surface area contributed by atoms with Gasteiger partial charge in [0.2, 0.25) is 11.8 Å². The van der Waals surface area contributed by atoms with E-state index in [1.165, 1.54) is 0 Å². The Kier molecular flexibility index (Phi) is 4.48. The maximum atomic E-state index is 12.8. The van der Waals surface area contributed by atoms with Gasteiger partial charge in [-0.2, -0.15) is 0 Å². The summed E-state index contributed by atoms with van der Waals surface area (Å²) in [5, 5.41) is 2.87. The number of aryl methyl sites for hydroxylation is 2. The fraction of sp³-hybridized carbons (Fsp3) is 0.333. The molecular weight excluding hydrogens is 344 g/mol. The zero-order chi connectivity index (χ0) is 19.0. The highest BCUT2D eigenvalue weighted by atomic mass is 16.6. The van der Waals surface area contributed by atoms with Crippen LogP contribution >= 0.6 is 0 Å². The van der Waals surface area contributed by atoms with E-state index in [0.29, 0.717) is 43.4 Å². The van der Waals surface area contributed by atoms with Gasteiger partial charge in [-0.05, 0) is 55.7 Å². The number of carbonyl (C=O) groups excluding carboxylic acids is 2. The lowest BCUT2D eigenvalue weighted by Crippen LogP contribution is -2.33. The second kappa shape index (κ2) is 6.95. The predicted octanol–water partition coefficient (Wildman–Crippen LogP) is 3.07. The summed E-state index contributed by atoms with van der Waals surface area (Å²) < 4.78 is 11.1. The number of amides is 2. The van der Waals surface area contributed by atoms with E-state index in [1.807, 2.05) is 38.1 Å². The smallest absolute Gasteiger partial charge is 0.239 e. The molecule has 2 aromatic rings. The number of hydrogen-bond donors (Lipinski definition) is 1. The third-order valence-electron chi connectivity index (χ3n) is 5.13. The Morgan fingerprint density at radius 1 is 1.04 bits per heavy atom. The molecule has 0 spiro atoms. The van der Waals surface area contributed by atoms with Gasteiger partial charge in [0.15, 0.2) is 11.5 Å². The average molecular weight is 366 g/mol. The van der Waals surface area contributed by atoms with E-state index >= 15 is 0 Å². The van der Waals surface area contributed by atoms with Crippen molar-refractivity contribution in [3.63, 3.8) is 0 Å². The van der Waals surface area contributed by atoms with Crippen molar-refractivity contribution in [3.8, 4) is 11.5 Å². The molecule has 1 atom stereocenters. The Hall–Kier alpha value is -3.02. The van der Waals surface area contributed by atoms with Crippen LogP contribution in [0.5, 0.6) is 11.5 Å². The molecule has 1 N–H and O–H groups in total. The molecule has 140 valence electrons. The summed E-state index contributed by atoms with van der Waals surface area (Å²) in [7, 11) is 0. The minimum absolute atomic E-state index is 0.187. The Balaban J connectivity index is 1.48. The maximum Gasteiger partial charge on any atom is 0.239 e. The van der Waals surface area contributed by atoms with Crippen molar-refractivity contribution in [2.45, 2.75) is 20.3 Å². The standard InChI is InChI=1S/C21H22N2O4/c1-13-3-4-15(11-14(13)2)22-20(24)17-7-8-23(21(17)25)16-5-6-18-19(12-16)27-10-9-26-18/h3-6,11-12,17H,7-10H2,1-2H3,(H,22,24). The van der Waals surface area contributed by atoms with E-state index in [2.05, 4.69) is 5.32 Å². The second-order valence-corrected chi connectivity index (χ2v) is 6.95. The van der Waals surface area contributed by atoms with Crippen molar-refractivity contribution in [1.29, 1.82) is 0 Å². The summed E-state index contributed by atoms with van der Waals surface area (Å²) in [6.07, 6.45) is 0.490. The minimum atomic E-state index is -0.681. The zero-order valence-electron chi connectivity index (χ0n) is 15.5. The fourth-order valence-corrected chi connectivity index (χ4v) is 3.43. The van der Waals surface area contributed by atoms with E-state index in [0.717, 1.165) is 16.8 Å². The van der Waals surface area contributed by atoms with Gasteiger partial charge in [-0.25, -0.2) is 0 Å². The summed E-state index contributed by atoms with van der Waals surface area (Å²) in [4.78, 5) is 27.1. The summed E-state index contributed by atoms with van der Waals surface area (Å²) >= 11 is 0. The molecule has 1 saturated heterocycles. The van der Waals surface area contributed by atoms with Gasteiger partial charge in [-0.15, -0.1) is 0 Å². The lowest BCUT2D eigenvalue weighted by Gasteiger charge is -2.22. The van der Waals surface area contributed by atoms with Crippen molar-refractivity contribution in [2.75, 3.05) is 30.0 Å². The van der Waals surface area contributed by atoms with Crippen molar-refractivity contribution in [3.05, 3.63) is 47.5 Å². The summed E-state index contributed by atoms with van der Waals surface area (Å²) in [5.41, 5.74) is 3.71. The van der Waals surface area contributed by atoms with Crippen LogP contribution in [-0.4, -0.2) is 31.6 Å². The largest absolute Gasteiger partial charge is 0.486 e. The molecule has 0 aromatic heterocycles. The molecule has 2 amide bonds. The number of anilines is 2. The van der Waals surface area contributed by atoms with Crippen LogP contribution in [0.25, 0.3) is 0 Å². The first-order valence-corrected chi connectivity index (χ1v) is 9.12. The molecule has 6 nitrogen and oxygen atoms in total. The molecule has 0 radical (unpaired) electrons. The number of nitrogens with zero attached hydrogens (tertiary/aromatic N) is 1. The zero-order valence-corrected chi connectivity index (χ0v) is 15.5. The molecule has 27 heavy (non-hydrogen) atoms. The Labute approximate surface area is 158 Å². The molecular formula is C21H22N2O4. The Bertz CT molecular complexity index is 909. The summed E-state index contributed by atoms with van der Waals surface area (Å²) in [6.45, 7) is 5.53. The number of ether oxygens (including phenoxy) is 2. The van der Waals surface area contributed by atoms with Crippen LogP contribution in [0.15, 0.2) is 36.4 Å². The molecule has 2 aromatic carbocycles. The second-order valence-electron chi connectivity index (χ2n) is 6.95. The van der Waals surface area contributed by atoms with Crippen LogP contribution in [-0.2, 0) is 9.59 Å². The first-order chi connectivity index (χ1) is 13.0. The summed E-state index contributed by atoms with van der Waals surface area (Å²) in [5.74, 6) is 0.186. The number of rotatable bonds is 3.